The molecule has 0 bridgehead atoms. The Morgan fingerprint density at radius 2 is 1.01 bits per heavy atom. The summed E-state index contributed by atoms with van der Waals surface area (Å²) in [6, 6.07) is 0. The van der Waals surface area contributed by atoms with Gasteiger partial charge in [0.2, 0.25) is 0 Å². The lowest BCUT2D eigenvalue weighted by Crippen LogP contribution is -2.54. The van der Waals surface area contributed by atoms with Crippen molar-refractivity contribution in [2.45, 2.75) is 317 Å². The minimum atomic E-state index is -0.0844. The van der Waals surface area contributed by atoms with E-state index < -0.39 is 0 Å². The number of allylic oxidation sites excluding steroid dienone is 3. The highest BCUT2D eigenvalue weighted by Crippen LogP contribution is 2.70. The highest BCUT2D eigenvalue weighted by molar-refractivity contribution is 5.25. The van der Waals surface area contributed by atoms with Gasteiger partial charge in [0.25, 0.3) is 0 Å². The monoisotopic (exact) mass is 993 g/mol. The van der Waals surface area contributed by atoms with Crippen LogP contribution in [0.25, 0.3) is 0 Å². The summed E-state index contributed by atoms with van der Waals surface area (Å²) in [5.41, 5.74) is 3.67. The molecule has 2 heteroatoms. The van der Waals surface area contributed by atoms with Crippen LogP contribution < -0.4 is 0 Å². The van der Waals surface area contributed by atoms with Crippen molar-refractivity contribution >= 4 is 0 Å². The zero-order valence-electron chi connectivity index (χ0n) is 48.8. The van der Waals surface area contributed by atoms with E-state index in [9.17, 15) is 10.2 Å². The summed E-state index contributed by atoms with van der Waals surface area (Å²) < 4.78 is 0. The van der Waals surface area contributed by atoms with Crippen LogP contribution >= 0.6 is 0 Å². The number of aliphatic hydroxyl groups is 2. The summed E-state index contributed by atoms with van der Waals surface area (Å²) in [7, 11) is 0. The maximum Gasteiger partial charge on any atom is 0.0577 e. The second kappa shape index (κ2) is 25.5. The van der Waals surface area contributed by atoms with Crippen LogP contribution in [-0.4, -0.2) is 22.4 Å². The van der Waals surface area contributed by atoms with Crippen LogP contribution in [0.2, 0.25) is 0 Å². The molecule has 0 amide bonds. The third kappa shape index (κ3) is 12.5. The number of hydrogen-bond acceptors (Lipinski definition) is 2. The maximum atomic E-state index is 10.4. The third-order valence-electron chi connectivity index (χ3n) is 26.3. The second-order valence-electron chi connectivity index (χ2n) is 30.1. The first kappa shape index (κ1) is 56.1. The Bertz CT molecular complexity index is 1690. The van der Waals surface area contributed by atoms with Crippen LogP contribution in [0.1, 0.15) is 305 Å². The predicted octanol–water partition coefficient (Wildman–Crippen LogP) is 20.4. The summed E-state index contributed by atoms with van der Waals surface area (Å²) in [5, 5.41) is 20.7. The van der Waals surface area contributed by atoms with Gasteiger partial charge in [-0.05, 0) is 221 Å². The molecule has 0 aromatic rings. The standard InChI is InChI=1S/C35H62O.C35H58O/c2*1-26(15-16-27-13-11-9-7-5-4-6-8-10-12-14-27)31-19-20-32-30-18-17-28-25-29(36)21-23-34(28,2)33(30)22-24-35(31,32)3/h26-33,36H,4-25H2,1-3H3;15-17,26-27,29-33,36H,4-14,18-25H2,1-3H3/b;16-15+/t26-,28?,29+,30+,31-,32+,33+,34+,35-;26-,29+,30+,31-,32+,33+,34+,35-/m11/s1. The zero-order valence-corrected chi connectivity index (χ0v) is 48.8. The van der Waals surface area contributed by atoms with E-state index >= 15 is 0 Å². The van der Waals surface area contributed by atoms with Gasteiger partial charge in [-0.2, -0.15) is 0 Å². The summed E-state index contributed by atoms with van der Waals surface area (Å²) in [5.74, 6) is 11.8. The fourth-order valence-corrected chi connectivity index (χ4v) is 21.8. The highest BCUT2D eigenvalue weighted by Gasteiger charge is 2.61. The largest absolute Gasteiger partial charge is 0.393 e. The number of fused-ring (bicyclic) bond motifs is 10. The Balaban J connectivity index is 0.000000178. The number of rotatable bonds is 7. The molecule has 1 unspecified atom stereocenters. The van der Waals surface area contributed by atoms with E-state index in [0.717, 1.165) is 103 Å². The van der Waals surface area contributed by atoms with Gasteiger partial charge in [-0.25, -0.2) is 0 Å². The number of aliphatic hydroxyl groups excluding tert-OH is 2. The molecule has 2 nitrogen and oxygen atoms in total. The van der Waals surface area contributed by atoms with Gasteiger partial charge < -0.3 is 10.2 Å². The Kier molecular flexibility index (Phi) is 19.8. The first-order valence-corrected chi connectivity index (χ1v) is 33.6. The summed E-state index contributed by atoms with van der Waals surface area (Å²) >= 11 is 0. The zero-order chi connectivity index (χ0) is 50.4. The summed E-state index contributed by atoms with van der Waals surface area (Å²) in [6.07, 6.45) is 66.1. The first-order chi connectivity index (χ1) is 34.8. The van der Waals surface area contributed by atoms with Crippen molar-refractivity contribution in [1.82, 2.24) is 0 Å². The van der Waals surface area contributed by atoms with Crippen molar-refractivity contribution in [3.8, 4) is 0 Å². The molecule has 0 spiro atoms. The van der Waals surface area contributed by atoms with Crippen molar-refractivity contribution in [3.05, 3.63) is 23.8 Å². The lowest BCUT2D eigenvalue weighted by atomic mass is 9.44. The van der Waals surface area contributed by atoms with Crippen molar-refractivity contribution in [2.75, 3.05) is 0 Å². The molecule has 412 valence electrons. The molecule has 0 radical (unpaired) electrons. The quantitative estimate of drug-likeness (QED) is 0.250. The van der Waals surface area contributed by atoms with Crippen LogP contribution in [0, 0.1) is 98.6 Å². The molecule has 10 aliphatic carbocycles. The van der Waals surface area contributed by atoms with Crippen LogP contribution in [0.3, 0.4) is 0 Å². The second-order valence-corrected chi connectivity index (χ2v) is 30.1. The van der Waals surface area contributed by atoms with Gasteiger partial charge in [-0.3, -0.25) is 0 Å². The fourth-order valence-electron chi connectivity index (χ4n) is 21.8. The molecular weight excluding hydrogens is 873 g/mol. The van der Waals surface area contributed by atoms with Gasteiger partial charge in [0.1, 0.15) is 0 Å². The molecule has 0 saturated heterocycles. The minimum Gasteiger partial charge on any atom is -0.393 e. The Hall–Kier alpha value is -0.600. The molecule has 0 aliphatic heterocycles. The minimum absolute atomic E-state index is 0.00852. The van der Waals surface area contributed by atoms with Gasteiger partial charge in [-0.15, -0.1) is 0 Å². The summed E-state index contributed by atoms with van der Waals surface area (Å²) in [4.78, 5) is 0. The summed E-state index contributed by atoms with van der Waals surface area (Å²) in [6.45, 7) is 15.9. The molecule has 0 aromatic carbocycles. The van der Waals surface area contributed by atoms with Gasteiger partial charge in [0.05, 0.1) is 12.2 Å². The molecule has 9 saturated carbocycles. The SMILES string of the molecule is C[C@H](/C=C/C1CCCCCCCCCCC1)[C@H]1CC[C@H]2[C@@H]3CC=C4C[C@@H](O)CC[C@]4(C)[C@H]3CC[C@]12C.C[C@H](CCC1CCCCCCCCCCC1)[C@H]1CC[C@H]2[C@@H]3CCC4C[C@@H](O)CC[C@]4(C)[C@H]3CC[C@]12C. The molecule has 9 fully saturated rings. The topological polar surface area (TPSA) is 40.5 Å². The van der Waals surface area contributed by atoms with Crippen molar-refractivity contribution in [2.24, 2.45) is 98.6 Å². The van der Waals surface area contributed by atoms with Crippen molar-refractivity contribution in [3.63, 3.8) is 0 Å². The lowest BCUT2D eigenvalue weighted by Gasteiger charge is -2.61. The number of hydrogen-bond donors (Lipinski definition) is 2. The van der Waals surface area contributed by atoms with E-state index in [-0.39, 0.29) is 12.2 Å². The molecule has 2 N–H and O–H groups in total. The normalized spacial score (nSPS) is 45.0. The van der Waals surface area contributed by atoms with E-state index in [1.54, 1.807) is 5.57 Å². The van der Waals surface area contributed by atoms with Gasteiger partial charge in [-0.1, -0.05) is 207 Å². The Labute approximate surface area is 447 Å². The van der Waals surface area contributed by atoms with Crippen LogP contribution in [-0.2, 0) is 0 Å². The Morgan fingerprint density at radius 3 is 1.65 bits per heavy atom. The first-order valence-electron chi connectivity index (χ1n) is 33.6. The van der Waals surface area contributed by atoms with E-state index in [2.05, 4.69) is 59.8 Å². The van der Waals surface area contributed by atoms with Crippen molar-refractivity contribution in [1.29, 1.82) is 0 Å². The van der Waals surface area contributed by atoms with Crippen molar-refractivity contribution < 1.29 is 10.2 Å². The average Bonchev–Trinajstić information content (AvgIpc) is 3.91. The molecule has 17 atom stereocenters. The van der Waals surface area contributed by atoms with Crippen LogP contribution in [0.5, 0.6) is 0 Å². The maximum absolute atomic E-state index is 10.4. The molecule has 0 heterocycles. The van der Waals surface area contributed by atoms with Gasteiger partial charge >= 0.3 is 0 Å². The highest BCUT2D eigenvalue weighted by atomic mass is 16.3. The van der Waals surface area contributed by atoms with Gasteiger partial charge in [0, 0.05) is 0 Å². The molecule has 10 aliphatic rings. The lowest BCUT2D eigenvalue weighted by molar-refractivity contribution is -0.129. The van der Waals surface area contributed by atoms with E-state index in [0.29, 0.717) is 21.7 Å². The molecule has 10 rings (SSSR count). The third-order valence-corrected chi connectivity index (χ3v) is 26.3. The van der Waals surface area contributed by atoms with E-state index in [4.69, 9.17) is 0 Å². The predicted molar refractivity (Wildman–Crippen MR) is 308 cm³/mol. The molecule has 72 heavy (non-hydrogen) atoms. The molecular formula is C70H120O2. The average molecular weight is 994 g/mol. The van der Waals surface area contributed by atoms with Crippen LogP contribution in [0.4, 0.5) is 0 Å². The smallest absolute Gasteiger partial charge is 0.0577 e. The van der Waals surface area contributed by atoms with Gasteiger partial charge in [0.15, 0.2) is 0 Å². The van der Waals surface area contributed by atoms with Crippen LogP contribution in [0.15, 0.2) is 23.8 Å². The molecule has 0 aromatic heterocycles. The fraction of sp³-hybridized carbons (Fsp3) is 0.943. The van der Waals surface area contributed by atoms with E-state index in [1.807, 2.05) is 0 Å². The van der Waals surface area contributed by atoms with E-state index in [1.165, 1.54) is 238 Å². The Morgan fingerprint density at radius 1 is 0.500 bits per heavy atom.